The first-order valence-electron chi connectivity index (χ1n) is 6.40. The summed E-state index contributed by atoms with van der Waals surface area (Å²) in [6.45, 7) is 9.38. The summed E-state index contributed by atoms with van der Waals surface area (Å²) < 4.78 is 5.78. The number of ether oxygens (including phenoxy) is 1. The van der Waals surface area contributed by atoms with E-state index in [4.69, 9.17) is 4.74 Å². The summed E-state index contributed by atoms with van der Waals surface area (Å²) in [5, 5.41) is 6.80. The van der Waals surface area contributed by atoms with Crippen LogP contribution < -0.4 is 5.32 Å². The molecule has 1 aliphatic rings. The van der Waals surface area contributed by atoms with Crippen LogP contribution in [0.15, 0.2) is 5.38 Å². The van der Waals surface area contributed by atoms with Gasteiger partial charge in [-0.3, -0.25) is 0 Å². The SMILES string of the molecule is Cc1csc(CNC[C@H]2CCO[C@@H]2C(C)C)n1. The zero-order valence-corrected chi connectivity index (χ0v) is 11.7. The molecular weight excluding hydrogens is 232 g/mol. The highest BCUT2D eigenvalue weighted by Gasteiger charge is 2.30. The van der Waals surface area contributed by atoms with Crippen LogP contribution in [0.1, 0.15) is 31.0 Å². The van der Waals surface area contributed by atoms with Crippen molar-refractivity contribution in [3.8, 4) is 0 Å². The van der Waals surface area contributed by atoms with Gasteiger partial charge in [-0.1, -0.05) is 13.8 Å². The first-order chi connectivity index (χ1) is 8.16. The molecule has 1 N–H and O–H groups in total. The van der Waals surface area contributed by atoms with Crippen molar-refractivity contribution in [2.24, 2.45) is 11.8 Å². The first kappa shape index (κ1) is 13.0. The fourth-order valence-electron chi connectivity index (χ4n) is 2.46. The monoisotopic (exact) mass is 254 g/mol. The van der Waals surface area contributed by atoms with Gasteiger partial charge in [-0.15, -0.1) is 11.3 Å². The maximum Gasteiger partial charge on any atom is 0.107 e. The smallest absolute Gasteiger partial charge is 0.107 e. The molecule has 1 aromatic heterocycles. The molecule has 1 fully saturated rings. The van der Waals surface area contributed by atoms with Crippen LogP contribution >= 0.6 is 11.3 Å². The van der Waals surface area contributed by atoms with Crippen molar-refractivity contribution in [1.82, 2.24) is 10.3 Å². The van der Waals surface area contributed by atoms with Crippen LogP contribution in [0.2, 0.25) is 0 Å². The molecule has 1 aromatic rings. The second-order valence-electron chi connectivity index (χ2n) is 5.14. The summed E-state index contributed by atoms with van der Waals surface area (Å²) in [5.41, 5.74) is 1.12. The van der Waals surface area contributed by atoms with Gasteiger partial charge in [0.15, 0.2) is 0 Å². The molecule has 0 radical (unpaired) electrons. The molecule has 0 saturated carbocycles. The van der Waals surface area contributed by atoms with Gasteiger partial charge < -0.3 is 10.1 Å². The number of thiazole rings is 1. The minimum absolute atomic E-state index is 0.431. The highest BCUT2D eigenvalue weighted by molar-refractivity contribution is 7.09. The minimum atomic E-state index is 0.431. The van der Waals surface area contributed by atoms with Crippen molar-refractivity contribution >= 4 is 11.3 Å². The average molecular weight is 254 g/mol. The maximum absolute atomic E-state index is 5.78. The molecule has 1 aliphatic heterocycles. The molecule has 0 amide bonds. The molecule has 0 bridgehead atoms. The summed E-state index contributed by atoms with van der Waals surface area (Å²) in [6, 6.07) is 0. The minimum Gasteiger partial charge on any atom is -0.378 e. The quantitative estimate of drug-likeness (QED) is 0.877. The molecule has 0 spiro atoms. The van der Waals surface area contributed by atoms with E-state index in [1.165, 1.54) is 11.4 Å². The van der Waals surface area contributed by atoms with Crippen LogP contribution in [-0.2, 0) is 11.3 Å². The number of nitrogens with one attached hydrogen (secondary N) is 1. The van der Waals surface area contributed by atoms with E-state index in [1.54, 1.807) is 11.3 Å². The summed E-state index contributed by atoms with van der Waals surface area (Å²) >= 11 is 1.73. The standard InChI is InChI=1S/C13H22N2OS/c1-9(2)13-11(4-5-16-13)6-14-7-12-15-10(3)8-17-12/h8-9,11,13-14H,4-7H2,1-3H3/t11-,13-/m1/s1. The van der Waals surface area contributed by atoms with Crippen molar-refractivity contribution < 1.29 is 4.74 Å². The molecule has 2 rings (SSSR count). The van der Waals surface area contributed by atoms with E-state index in [-0.39, 0.29) is 0 Å². The number of aromatic nitrogens is 1. The Kier molecular flexibility index (Phi) is 4.54. The Hall–Kier alpha value is -0.450. The lowest BCUT2D eigenvalue weighted by Gasteiger charge is -2.22. The number of aryl methyl sites for hydroxylation is 1. The van der Waals surface area contributed by atoms with Gasteiger partial charge in [0.1, 0.15) is 5.01 Å². The largest absolute Gasteiger partial charge is 0.378 e. The van der Waals surface area contributed by atoms with Crippen molar-refractivity contribution in [3.63, 3.8) is 0 Å². The zero-order valence-electron chi connectivity index (χ0n) is 10.9. The number of hydrogen-bond acceptors (Lipinski definition) is 4. The first-order valence-corrected chi connectivity index (χ1v) is 7.28. The molecule has 0 aliphatic carbocycles. The van der Waals surface area contributed by atoms with Crippen LogP contribution in [0.25, 0.3) is 0 Å². The molecule has 2 atom stereocenters. The highest BCUT2D eigenvalue weighted by Crippen LogP contribution is 2.26. The summed E-state index contributed by atoms with van der Waals surface area (Å²) in [7, 11) is 0. The Labute approximate surface area is 108 Å². The third kappa shape index (κ3) is 3.50. The van der Waals surface area contributed by atoms with Gasteiger partial charge in [0.2, 0.25) is 0 Å². The van der Waals surface area contributed by atoms with E-state index in [9.17, 15) is 0 Å². The summed E-state index contributed by atoms with van der Waals surface area (Å²) in [4.78, 5) is 4.45. The fourth-order valence-corrected chi connectivity index (χ4v) is 3.20. The second-order valence-corrected chi connectivity index (χ2v) is 6.08. The molecule has 0 aromatic carbocycles. The highest BCUT2D eigenvalue weighted by atomic mass is 32.1. The Bertz CT molecular complexity index is 351. The predicted molar refractivity (Wildman–Crippen MR) is 71.2 cm³/mol. The lowest BCUT2D eigenvalue weighted by atomic mass is 9.93. The van der Waals surface area contributed by atoms with Crippen molar-refractivity contribution in [2.45, 2.75) is 39.8 Å². The lowest BCUT2D eigenvalue weighted by Crippen LogP contribution is -2.31. The average Bonchev–Trinajstić information content (AvgIpc) is 2.87. The van der Waals surface area contributed by atoms with Crippen LogP contribution in [0.3, 0.4) is 0 Å². The lowest BCUT2D eigenvalue weighted by molar-refractivity contribution is 0.0539. The van der Waals surface area contributed by atoms with E-state index in [0.717, 1.165) is 25.4 Å². The van der Waals surface area contributed by atoms with Crippen LogP contribution in [-0.4, -0.2) is 24.2 Å². The Morgan fingerprint density at radius 3 is 3.06 bits per heavy atom. The summed E-state index contributed by atoms with van der Waals surface area (Å²) in [6.07, 6.45) is 1.62. The fraction of sp³-hybridized carbons (Fsp3) is 0.769. The Morgan fingerprint density at radius 1 is 1.59 bits per heavy atom. The van der Waals surface area contributed by atoms with E-state index in [1.807, 2.05) is 6.92 Å². The van der Waals surface area contributed by atoms with Gasteiger partial charge in [0.05, 0.1) is 6.10 Å². The van der Waals surface area contributed by atoms with Crippen molar-refractivity contribution in [1.29, 1.82) is 0 Å². The van der Waals surface area contributed by atoms with Crippen molar-refractivity contribution in [2.75, 3.05) is 13.2 Å². The van der Waals surface area contributed by atoms with Gasteiger partial charge in [-0.25, -0.2) is 4.98 Å². The Morgan fingerprint density at radius 2 is 2.41 bits per heavy atom. The number of rotatable bonds is 5. The van der Waals surface area contributed by atoms with Crippen molar-refractivity contribution in [3.05, 3.63) is 16.1 Å². The topological polar surface area (TPSA) is 34.1 Å². The molecule has 0 unspecified atom stereocenters. The molecule has 96 valence electrons. The molecule has 17 heavy (non-hydrogen) atoms. The Balaban J connectivity index is 1.74. The van der Waals surface area contributed by atoms with E-state index >= 15 is 0 Å². The third-order valence-electron chi connectivity index (χ3n) is 3.27. The molecule has 4 heteroatoms. The van der Waals surface area contributed by atoms with Gasteiger partial charge in [-0.2, -0.15) is 0 Å². The third-order valence-corrected chi connectivity index (χ3v) is 4.24. The van der Waals surface area contributed by atoms with Crippen LogP contribution in [0.5, 0.6) is 0 Å². The molecular formula is C13H22N2OS. The zero-order chi connectivity index (χ0) is 12.3. The van der Waals surface area contributed by atoms with Gasteiger partial charge in [0, 0.05) is 30.8 Å². The van der Waals surface area contributed by atoms with Gasteiger partial charge in [-0.05, 0) is 25.2 Å². The molecule has 1 saturated heterocycles. The van der Waals surface area contributed by atoms with E-state index < -0.39 is 0 Å². The number of hydrogen-bond donors (Lipinski definition) is 1. The van der Waals surface area contributed by atoms with E-state index in [2.05, 4.69) is 29.5 Å². The van der Waals surface area contributed by atoms with Crippen LogP contribution in [0.4, 0.5) is 0 Å². The second kappa shape index (κ2) is 5.94. The van der Waals surface area contributed by atoms with Crippen LogP contribution in [0, 0.1) is 18.8 Å². The molecule has 2 heterocycles. The van der Waals surface area contributed by atoms with E-state index in [0.29, 0.717) is 17.9 Å². The normalized spacial score (nSPS) is 24.7. The predicted octanol–water partition coefficient (Wildman–Crippen LogP) is 2.60. The maximum atomic E-state index is 5.78. The summed E-state index contributed by atoms with van der Waals surface area (Å²) in [5.74, 6) is 1.28. The van der Waals surface area contributed by atoms with Gasteiger partial charge in [0.25, 0.3) is 0 Å². The number of nitrogens with zero attached hydrogens (tertiary/aromatic N) is 1. The molecule has 3 nitrogen and oxygen atoms in total. The van der Waals surface area contributed by atoms with Gasteiger partial charge >= 0.3 is 0 Å².